The number of ketones is 1. The number of nitrogens with one attached hydrogen (secondary N) is 1. The summed E-state index contributed by atoms with van der Waals surface area (Å²) in [6.07, 6.45) is 2.04. The maximum atomic E-state index is 12.4. The number of rotatable bonds is 9. The predicted octanol–water partition coefficient (Wildman–Crippen LogP) is 2.13. The largest absolute Gasteiger partial charge is 0.457 e. The minimum absolute atomic E-state index is 0.0141. The van der Waals surface area contributed by atoms with Crippen molar-refractivity contribution in [2.24, 2.45) is 0 Å². The fourth-order valence-corrected chi connectivity index (χ4v) is 3.19. The smallest absolute Gasteiger partial charge is 0.325 e. The number of carbonyl (C=O) groups is 4. The molecule has 1 fully saturated rings. The Morgan fingerprint density at radius 1 is 1.29 bits per heavy atom. The molecule has 8 heteroatoms. The van der Waals surface area contributed by atoms with Crippen LogP contribution >= 0.6 is 0 Å². The molecule has 0 spiro atoms. The molecule has 1 aromatic heterocycles. The zero-order chi connectivity index (χ0) is 21.1. The van der Waals surface area contributed by atoms with Crippen molar-refractivity contribution in [3.63, 3.8) is 0 Å². The van der Waals surface area contributed by atoms with Gasteiger partial charge in [0, 0.05) is 36.5 Å². The molecule has 2 rings (SSSR count). The summed E-state index contributed by atoms with van der Waals surface area (Å²) in [5.74, 6) is -1.14. The van der Waals surface area contributed by atoms with Gasteiger partial charge in [-0.2, -0.15) is 0 Å². The van der Waals surface area contributed by atoms with Crippen LogP contribution in [-0.2, 0) is 20.9 Å². The van der Waals surface area contributed by atoms with Gasteiger partial charge in [-0.05, 0) is 40.2 Å². The van der Waals surface area contributed by atoms with E-state index >= 15 is 0 Å². The lowest BCUT2D eigenvalue weighted by molar-refractivity contribution is -0.143. The zero-order valence-electron chi connectivity index (χ0n) is 16.8. The highest BCUT2D eigenvalue weighted by Gasteiger charge is 2.43. The molecule has 28 heavy (non-hydrogen) atoms. The third-order valence-corrected chi connectivity index (χ3v) is 4.76. The number of esters is 1. The summed E-state index contributed by atoms with van der Waals surface area (Å²) < 4.78 is 7.02. The summed E-state index contributed by atoms with van der Waals surface area (Å²) in [5.41, 5.74) is 1.33. The van der Waals surface area contributed by atoms with E-state index in [1.54, 1.807) is 26.0 Å². The lowest BCUT2D eigenvalue weighted by atomic mass is 10.1. The number of aryl methyl sites for hydroxylation is 1. The quantitative estimate of drug-likeness (QED) is 0.302. The fourth-order valence-electron chi connectivity index (χ4n) is 3.19. The van der Waals surface area contributed by atoms with Gasteiger partial charge < -0.3 is 14.6 Å². The summed E-state index contributed by atoms with van der Waals surface area (Å²) >= 11 is 0. The molecule has 152 valence electrons. The van der Waals surface area contributed by atoms with E-state index in [9.17, 15) is 19.2 Å². The average molecular weight is 389 g/mol. The number of carbonyl (C=O) groups excluding carboxylic acids is 4. The molecule has 3 amide bonds. The third kappa shape index (κ3) is 4.49. The molecule has 1 aliphatic rings. The van der Waals surface area contributed by atoms with Crippen LogP contribution in [0.15, 0.2) is 18.7 Å². The van der Waals surface area contributed by atoms with E-state index in [2.05, 4.69) is 11.9 Å². The fraction of sp³-hybridized carbons (Fsp3) is 0.500. The van der Waals surface area contributed by atoms with Gasteiger partial charge in [0.2, 0.25) is 5.78 Å². The second-order valence-electron chi connectivity index (χ2n) is 7.38. The number of nitrogens with zero attached hydrogens (tertiary/aromatic N) is 2. The number of allylic oxidation sites excluding steroid dienone is 1. The number of hydrogen-bond acceptors (Lipinski definition) is 5. The number of aromatic nitrogens is 1. The Morgan fingerprint density at radius 2 is 1.96 bits per heavy atom. The molecule has 0 atom stereocenters. The van der Waals surface area contributed by atoms with Gasteiger partial charge in [0.15, 0.2) is 6.61 Å². The number of imide groups is 1. The van der Waals surface area contributed by atoms with Crippen molar-refractivity contribution in [1.82, 2.24) is 14.8 Å². The minimum atomic E-state index is -0.929. The van der Waals surface area contributed by atoms with Crippen LogP contribution in [0.4, 0.5) is 4.79 Å². The van der Waals surface area contributed by atoms with Crippen molar-refractivity contribution in [1.29, 1.82) is 0 Å². The van der Waals surface area contributed by atoms with E-state index in [0.29, 0.717) is 12.1 Å². The number of hydrogen-bond donors (Lipinski definition) is 1. The first-order chi connectivity index (χ1) is 13.1. The first-order valence-corrected chi connectivity index (χ1v) is 9.19. The average Bonchev–Trinajstić information content (AvgIpc) is 3.00. The standard InChI is InChI=1S/C20H27N3O5/c1-6-9-22-13(2)11-15(14(22)3)16(24)12-28-17(25)8-7-10-23-18(26)20(4,5)21-19(23)27/h6,11H,1,7-10,12H2,2-5H3,(H,21,27). The van der Waals surface area contributed by atoms with Crippen LogP contribution in [-0.4, -0.2) is 51.8 Å². The second-order valence-corrected chi connectivity index (χ2v) is 7.38. The second kappa shape index (κ2) is 8.41. The van der Waals surface area contributed by atoms with E-state index in [1.165, 1.54) is 0 Å². The van der Waals surface area contributed by atoms with Crippen molar-refractivity contribution in [2.75, 3.05) is 13.2 Å². The highest BCUT2D eigenvalue weighted by atomic mass is 16.5. The Labute approximate surface area is 164 Å². The van der Waals surface area contributed by atoms with Gasteiger partial charge in [0.25, 0.3) is 5.91 Å². The van der Waals surface area contributed by atoms with E-state index in [4.69, 9.17) is 4.74 Å². The van der Waals surface area contributed by atoms with Gasteiger partial charge in [-0.15, -0.1) is 6.58 Å². The first kappa shape index (κ1) is 21.4. The van der Waals surface area contributed by atoms with E-state index in [1.807, 2.05) is 18.4 Å². The van der Waals surface area contributed by atoms with Gasteiger partial charge in [-0.1, -0.05) is 6.08 Å². The van der Waals surface area contributed by atoms with E-state index in [-0.39, 0.29) is 37.7 Å². The van der Waals surface area contributed by atoms with Crippen LogP contribution in [0, 0.1) is 13.8 Å². The zero-order valence-corrected chi connectivity index (χ0v) is 16.8. The third-order valence-electron chi connectivity index (χ3n) is 4.76. The van der Waals surface area contributed by atoms with Crippen LogP contribution in [0.2, 0.25) is 0 Å². The molecule has 1 aliphatic heterocycles. The molecule has 0 aliphatic carbocycles. The lowest BCUT2D eigenvalue weighted by Gasteiger charge is -2.15. The van der Waals surface area contributed by atoms with Crippen LogP contribution in [0.25, 0.3) is 0 Å². The normalized spacial score (nSPS) is 15.5. The topological polar surface area (TPSA) is 97.7 Å². The summed E-state index contributed by atoms with van der Waals surface area (Å²) in [5, 5.41) is 2.58. The van der Waals surface area contributed by atoms with Gasteiger partial charge in [-0.25, -0.2) is 4.79 Å². The maximum Gasteiger partial charge on any atom is 0.325 e. The molecular weight excluding hydrogens is 362 g/mol. The van der Waals surface area contributed by atoms with Crippen molar-refractivity contribution in [3.05, 3.63) is 35.7 Å². The molecule has 8 nitrogen and oxygen atoms in total. The number of amides is 3. The van der Waals surface area contributed by atoms with E-state index in [0.717, 1.165) is 16.3 Å². The van der Waals surface area contributed by atoms with Crippen LogP contribution in [0.5, 0.6) is 0 Å². The minimum Gasteiger partial charge on any atom is -0.457 e. The maximum absolute atomic E-state index is 12.4. The molecule has 2 heterocycles. The monoisotopic (exact) mass is 389 g/mol. The predicted molar refractivity (Wildman–Crippen MR) is 103 cm³/mol. The number of ether oxygens (including phenoxy) is 1. The molecule has 0 aromatic carbocycles. The van der Waals surface area contributed by atoms with Crippen molar-refractivity contribution in [2.45, 2.75) is 52.6 Å². The van der Waals surface area contributed by atoms with Gasteiger partial charge in [0.1, 0.15) is 5.54 Å². The summed E-state index contributed by atoms with van der Waals surface area (Å²) in [6.45, 7) is 11.1. The van der Waals surface area contributed by atoms with Crippen LogP contribution in [0.1, 0.15) is 48.4 Å². The summed E-state index contributed by atoms with van der Waals surface area (Å²) in [4.78, 5) is 49.2. The van der Waals surface area contributed by atoms with Gasteiger partial charge in [-0.3, -0.25) is 19.3 Å². The molecule has 0 radical (unpaired) electrons. The first-order valence-electron chi connectivity index (χ1n) is 9.19. The Hall–Kier alpha value is -2.90. The molecule has 1 aromatic rings. The Balaban J connectivity index is 1.81. The number of urea groups is 1. The molecule has 1 saturated heterocycles. The van der Waals surface area contributed by atoms with Crippen molar-refractivity contribution in [3.8, 4) is 0 Å². The van der Waals surface area contributed by atoms with Gasteiger partial charge >= 0.3 is 12.0 Å². The van der Waals surface area contributed by atoms with Crippen molar-refractivity contribution < 1.29 is 23.9 Å². The SMILES string of the molecule is C=CCn1c(C)cc(C(=O)COC(=O)CCCN2C(=O)NC(C)(C)C2=O)c1C. The molecule has 0 bridgehead atoms. The molecule has 1 N–H and O–H groups in total. The Morgan fingerprint density at radius 3 is 2.54 bits per heavy atom. The van der Waals surface area contributed by atoms with Crippen LogP contribution in [0.3, 0.4) is 0 Å². The highest BCUT2D eigenvalue weighted by Crippen LogP contribution is 2.18. The van der Waals surface area contributed by atoms with E-state index < -0.39 is 17.5 Å². The van der Waals surface area contributed by atoms with Crippen molar-refractivity contribution >= 4 is 23.7 Å². The lowest BCUT2D eigenvalue weighted by Crippen LogP contribution is -2.40. The van der Waals surface area contributed by atoms with Gasteiger partial charge in [0.05, 0.1) is 0 Å². The highest BCUT2D eigenvalue weighted by molar-refractivity contribution is 6.06. The van der Waals surface area contributed by atoms with Crippen LogP contribution < -0.4 is 5.32 Å². The molecular formula is C20H27N3O5. The number of Topliss-reactive ketones (excluding diaryl/α,β-unsaturated/α-hetero) is 1. The summed E-state index contributed by atoms with van der Waals surface area (Å²) in [6, 6.07) is 1.31. The Kier molecular flexibility index (Phi) is 6.43. The summed E-state index contributed by atoms with van der Waals surface area (Å²) in [7, 11) is 0. The molecule has 0 unspecified atom stereocenters. The Bertz CT molecular complexity index is 822. The molecule has 0 saturated carbocycles.